The Kier molecular flexibility index (Phi) is 10.0. The number of nitrogens with one attached hydrogen (secondary N) is 1. The van der Waals surface area contributed by atoms with E-state index in [1.807, 2.05) is 72.8 Å². The highest BCUT2D eigenvalue weighted by atomic mass is 16.6. The average Bonchev–Trinajstić information content (AvgIpc) is 2.78. The monoisotopic (exact) mass is 491 g/mol. The molecule has 7 heteroatoms. The molecule has 36 heavy (non-hydrogen) atoms. The predicted octanol–water partition coefficient (Wildman–Crippen LogP) is 6.82. The third-order valence-corrected chi connectivity index (χ3v) is 4.53. The fourth-order valence-electron chi connectivity index (χ4n) is 2.99. The van der Waals surface area contributed by atoms with Gasteiger partial charge in [0.2, 0.25) is 5.96 Å². The normalized spacial score (nSPS) is 11.9. The number of amides is 2. The number of rotatable bonds is 6. The first-order valence-electron chi connectivity index (χ1n) is 11.9. The van der Waals surface area contributed by atoms with Crippen molar-refractivity contribution in [2.75, 3.05) is 13.1 Å². The van der Waals surface area contributed by atoms with E-state index in [1.165, 1.54) is 0 Å². The second-order valence-electron chi connectivity index (χ2n) is 10.1. The molecule has 2 aromatic carbocycles. The lowest BCUT2D eigenvalue weighted by Gasteiger charge is -2.32. The van der Waals surface area contributed by atoms with Crippen molar-refractivity contribution in [2.45, 2.75) is 52.7 Å². The number of hydrogen-bond acceptors (Lipinski definition) is 5. The zero-order valence-corrected chi connectivity index (χ0v) is 22.0. The number of carbonyl (C=O) groups excluding carboxylic acids is 2. The molecule has 0 radical (unpaired) electrons. The molecule has 0 spiro atoms. The molecule has 7 nitrogen and oxygen atoms in total. The summed E-state index contributed by atoms with van der Waals surface area (Å²) in [5.41, 5.74) is 0.344. The van der Waals surface area contributed by atoms with Crippen LogP contribution < -0.4 is 0 Å². The molecule has 1 N–H and O–H groups in total. The van der Waals surface area contributed by atoms with Crippen molar-refractivity contribution in [2.24, 2.45) is 0 Å². The van der Waals surface area contributed by atoms with Crippen molar-refractivity contribution < 1.29 is 19.1 Å². The van der Waals surface area contributed by atoms with Crippen LogP contribution in [0.1, 0.15) is 52.7 Å². The van der Waals surface area contributed by atoms with Gasteiger partial charge in [-0.2, -0.15) is 0 Å². The summed E-state index contributed by atoms with van der Waals surface area (Å²) in [6.07, 6.45) is 5.73. The Morgan fingerprint density at radius 1 is 0.694 bits per heavy atom. The van der Waals surface area contributed by atoms with E-state index >= 15 is 0 Å². The first kappa shape index (κ1) is 28.4. The molecule has 0 aliphatic carbocycles. The number of hydrogen-bond donors (Lipinski definition) is 1. The van der Waals surface area contributed by atoms with E-state index in [2.05, 4.69) is 0 Å². The maximum Gasteiger partial charge on any atom is 0.417 e. The van der Waals surface area contributed by atoms with Crippen molar-refractivity contribution >= 4 is 30.3 Å². The molecule has 0 saturated carbocycles. The number of guanidine groups is 1. The fraction of sp³-hybridized carbons (Fsp3) is 0.345. The molecule has 2 aromatic rings. The van der Waals surface area contributed by atoms with Gasteiger partial charge in [-0.25, -0.2) is 19.4 Å². The van der Waals surface area contributed by atoms with Crippen LogP contribution in [0, 0.1) is 5.41 Å². The molecule has 0 aliphatic heterocycles. The van der Waals surface area contributed by atoms with Gasteiger partial charge >= 0.3 is 12.2 Å². The standard InChI is InChI=1S/C29H37N3O4/c1-28(2,3)35-26(33)31(21-13-19-23-15-9-7-10-16-23)25(30)32(27(34)36-29(4,5)6)22-14-20-24-17-11-8-12-18-24/h7-20,30H,21-22H2,1-6H3/b19-13-,20-14+,30-25?. The van der Waals surface area contributed by atoms with E-state index in [0.29, 0.717) is 0 Å². The summed E-state index contributed by atoms with van der Waals surface area (Å²) in [5.74, 6) is -0.339. The van der Waals surface area contributed by atoms with Crippen molar-refractivity contribution in [3.63, 3.8) is 0 Å². The lowest BCUT2D eigenvalue weighted by atomic mass is 10.2. The minimum atomic E-state index is -0.775. The maximum absolute atomic E-state index is 13.1. The van der Waals surface area contributed by atoms with Gasteiger partial charge in [-0.05, 0) is 52.7 Å². The minimum absolute atomic E-state index is 0.0321. The molecule has 0 aliphatic rings. The van der Waals surface area contributed by atoms with E-state index in [1.54, 1.807) is 53.7 Å². The summed E-state index contributed by atoms with van der Waals surface area (Å²) in [6.45, 7) is 10.6. The van der Waals surface area contributed by atoms with Gasteiger partial charge in [-0.1, -0.05) is 85.0 Å². The van der Waals surface area contributed by atoms with Gasteiger partial charge in [-0.3, -0.25) is 5.41 Å². The number of carbonyl (C=O) groups is 2. The predicted molar refractivity (Wildman–Crippen MR) is 145 cm³/mol. The average molecular weight is 492 g/mol. The Morgan fingerprint density at radius 3 is 1.33 bits per heavy atom. The lowest BCUT2D eigenvalue weighted by Crippen LogP contribution is -2.51. The Labute approximate surface area is 214 Å². The second-order valence-corrected chi connectivity index (χ2v) is 10.1. The van der Waals surface area contributed by atoms with Crippen molar-refractivity contribution in [1.82, 2.24) is 9.80 Å². The zero-order chi connectivity index (χ0) is 26.8. The summed E-state index contributed by atoms with van der Waals surface area (Å²) in [4.78, 5) is 28.4. The fourth-order valence-corrected chi connectivity index (χ4v) is 2.99. The van der Waals surface area contributed by atoms with E-state index in [-0.39, 0.29) is 19.0 Å². The molecule has 0 atom stereocenters. The summed E-state index contributed by atoms with van der Waals surface area (Å²) in [6, 6.07) is 19.2. The third kappa shape index (κ3) is 10.2. The van der Waals surface area contributed by atoms with Crippen molar-refractivity contribution in [3.8, 4) is 0 Å². The molecule has 0 fully saturated rings. The highest BCUT2D eigenvalue weighted by Crippen LogP contribution is 2.15. The SMILES string of the molecule is CC(C)(C)OC(=O)N(C/C=C\c1ccccc1)C(=N)N(C/C=C/c1ccccc1)C(=O)OC(C)(C)C. The largest absolute Gasteiger partial charge is 0.443 e. The highest BCUT2D eigenvalue weighted by Gasteiger charge is 2.32. The molecule has 192 valence electrons. The topological polar surface area (TPSA) is 82.9 Å². The van der Waals surface area contributed by atoms with Crippen LogP contribution in [0.5, 0.6) is 0 Å². The Hall–Kier alpha value is -3.87. The number of ether oxygens (including phenoxy) is 2. The van der Waals surface area contributed by atoms with Crippen molar-refractivity contribution in [1.29, 1.82) is 5.41 Å². The Bertz CT molecular complexity index is 980. The number of benzene rings is 2. The van der Waals surface area contributed by atoms with Crippen LogP contribution in [0.25, 0.3) is 12.2 Å². The van der Waals surface area contributed by atoms with Crippen LogP contribution in [-0.2, 0) is 9.47 Å². The summed E-state index contributed by atoms with van der Waals surface area (Å²) >= 11 is 0. The zero-order valence-electron chi connectivity index (χ0n) is 22.0. The number of nitrogens with zero attached hydrogens (tertiary/aromatic N) is 2. The third-order valence-electron chi connectivity index (χ3n) is 4.53. The molecular weight excluding hydrogens is 454 g/mol. The van der Waals surface area contributed by atoms with Gasteiger partial charge in [0.25, 0.3) is 0 Å². The Morgan fingerprint density at radius 2 is 1.03 bits per heavy atom. The summed E-state index contributed by atoms with van der Waals surface area (Å²) < 4.78 is 11.1. The van der Waals surface area contributed by atoms with E-state index in [9.17, 15) is 9.59 Å². The van der Waals surface area contributed by atoms with Crippen LogP contribution in [0.3, 0.4) is 0 Å². The van der Waals surface area contributed by atoms with Gasteiger partial charge in [-0.15, -0.1) is 0 Å². The quantitative estimate of drug-likeness (QED) is 0.355. The van der Waals surface area contributed by atoms with Gasteiger partial charge < -0.3 is 9.47 Å². The molecule has 0 heterocycles. The summed E-state index contributed by atoms with van der Waals surface area (Å²) in [5, 5.41) is 8.83. The van der Waals surface area contributed by atoms with Crippen LogP contribution in [0.2, 0.25) is 0 Å². The Balaban J connectivity index is 2.33. The summed E-state index contributed by atoms with van der Waals surface area (Å²) in [7, 11) is 0. The first-order valence-corrected chi connectivity index (χ1v) is 11.9. The molecule has 0 unspecified atom stereocenters. The van der Waals surface area contributed by atoms with E-state index < -0.39 is 23.4 Å². The lowest BCUT2D eigenvalue weighted by molar-refractivity contribution is 0.0297. The molecule has 0 aromatic heterocycles. The van der Waals surface area contributed by atoms with Gasteiger partial charge in [0.1, 0.15) is 11.2 Å². The van der Waals surface area contributed by atoms with Gasteiger partial charge in [0.15, 0.2) is 0 Å². The van der Waals surface area contributed by atoms with Gasteiger partial charge in [0.05, 0.1) is 13.1 Å². The molecule has 0 bridgehead atoms. The van der Waals surface area contributed by atoms with Crippen LogP contribution in [0.15, 0.2) is 72.8 Å². The molecule has 2 amide bonds. The van der Waals surface area contributed by atoms with Crippen molar-refractivity contribution in [3.05, 3.63) is 83.9 Å². The smallest absolute Gasteiger partial charge is 0.417 e. The first-order chi connectivity index (χ1) is 16.9. The van der Waals surface area contributed by atoms with Crippen LogP contribution in [-0.4, -0.2) is 52.2 Å². The molecule has 0 saturated heterocycles. The van der Waals surface area contributed by atoms with Crippen LogP contribution in [0.4, 0.5) is 9.59 Å². The molecular formula is C29H37N3O4. The second kappa shape index (κ2) is 12.7. The maximum atomic E-state index is 13.1. The van der Waals surface area contributed by atoms with E-state index in [0.717, 1.165) is 20.9 Å². The highest BCUT2D eigenvalue weighted by molar-refractivity contribution is 6.00. The molecule has 2 rings (SSSR count). The van der Waals surface area contributed by atoms with Crippen LogP contribution >= 0.6 is 0 Å². The van der Waals surface area contributed by atoms with Gasteiger partial charge in [0, 0.05) is 0 Å². The van der Waals surface area contributed by atoms with E-state index in [4.69, 9.17) is 14.9 Å². The minimum Gasteiger partial charge on any atom is -0.443 e.